The Morgan fingerprint density at radius 1 is 1.10 bits per heavy atom. The molecule has 1 aliphatic rings. The molecule has 3 aromatic rings. The third-order valence-corrected chi connectivity index (χ3v) is 7.32. The number of likely N-dealkylation sites (tertiary alicyclic amines) is 1. The highest BCUT2D eigenvalue weighted by Gasteiger charge is 2.21. The number of amides is 1. The van der Waals surface area contributed by atoms with Gasteiger partial charge in [-0.2, -0.15) is 5.10 Å². The van der Waals surface area contributed by atoms with Crippen LogP contribution in [0.2, 0.25) is 0 Å². The summed E-state index contributed by atoms with van der Waals surface area (Å²) in [4.78, 5) is 34.1. The molecule has 1 fully saturated rings. The number of nitrogens with one attached hydrogen (secondary N) is 1. The summed E-state index contributed by atoms with van der Waals surface area (Å²) in [7, 11) is 5.55. The predicted molar refractivity (Wildman–Crippen MR) is 168 cm³/mol. The van der Waals surface area contributed by atoms with Crippen LogP contribution in [-0.2, 0) is 0 Å². The molecule has 1 amide bonds. The van der Waals surface area contributed by atoms with E-state index in [0.717, 1.165) is 61.3 Å². The fourth-order valence-electron chi connectivity index (χ4n) is 5.08. The number of hydrogen-bond acceptors (Lipinski definition) is 6. The zero-order valence-corrected chi connectivity index (χ0v) is 25.5. The van der Waals surface area contributed by atoms with Crippen LogP contribution in [0.25, 0.3) is 12.2 Å². The Balaban J connectivity index is 0.00000226. The number of aromatic amines is 1. The number of aldehydes is 1. The lowest BCUT2D eigenvalue weighted by molar-refractivity contribution is 0.0827. The van der Waals surface area contributed by atoms with Crippen molar-refractivity contribution in [2.45, 2.75) is 46.5 Å². The molecule has 2 aromatic heterocycles. The van der Waals surface area contributed by atoms with Crippen LogP contribution in [0, 0.1) is 6.92 Å². The van der Waals surface area contributed by atoms with Gasteiger partial charge in [0, 0.05) is 56.9 Å². The van der Waals surface area contributed by atoms with E-state index in [4.69, 9.17) is 0 Å². The summed E-state index contributed by atoms with van der Waals surface area (Å²) in [6.45, 7) is 11.2. The van der Waals surface area contributed by atoms with Gasteiger partial charge in [0.1, 0.15) is 0 Å². The Morgan fingerprint density at radius 3 is 2.41 bits per heavy atom. The van der Waals surface area contributed by atoms with Crippen LogP contribution < -0.4 is 4.90 Å². The first kappa shape index (κ1) is 31.5. The largest absolute Gasteiger partial charge is 0.350 e. The van der Waals surface area contributed by atoms with Crippen molar-refractivity contribution in [3.63, 3.8) is 0 Å². The van der Waals surface area contributed by atoms with E-state index in [1.54, 1.807) is 19.0 Å². The number of pyridine rings is 1. The van der Waals surface area contributed by atoms with Crippen molar-refractivity contribution >= 4 is 30.0 Å². The first-order valence-corrected chi connectivity index (χ1v) is 14.3. The van der Waals surface area contributed by atoms with Crippen LogP contribution in [0.15, 0.2) is 54.5 Å². The van der Waals surface area contributed by atoms with Gasteiger partial charge in [0.15, 0.2) is 6.29 Å². The van der Waals surface area contributed by atoms with E-state index in [9.17, 15) is 9.59 Å². The van der Waals surface area contributed by atoms with Crippen molar-refractivity contribution in [1.29, 1.82) is 0 Å². The van der Waals surface area contributed by atoms with Gasteiger partial charge in [-0.25, -0.2) is 0 Å². The highest BCUT2D eigenvalue weighted by atomic mass is 16.2. The number of aryl methyl sites for hydroxylation is 1. The lowest BCUT2D eigenvalue weighted by Crippen LogP contribution is -2.34. The quantitative estimate of drug-likeness (QED) is 0.323. The summed E-state index contributed by atoms with van der Waals surface area (Å²) < 4.78 is 0. The van der Waals surface area contributed by atoms with Crippen LogP contribution in [0.4, 0.5) is 5.69 Å². The first-order chi connectivity index (χ1) is 19.8. The molecule has 1 N–H and O–H groups in total. The average Bonchev–Trinajstić information content (AvgIpc) is 3.45. The number of nitrogens with zero attached hydrogens (tertiary/aromatic N) is 5. The molecule has 8 heteroatoms. The summed E-state index contributed by atoms with van der Waals surface area (Å²) in [6.07, 6.45) is 12.4. The number of carbonyl (C=O) groups excluding carboxylic acids is 2. The minimum Gasteiger partial charge on any atom is -0.350 e. The van der Waals surface area contributed by atoms with Crippen LogP contribution in [0.1, 0.15) is 82.8 Å². The van der Waals surface area contributed by atoms with Crippen molar-refractivity contribution in [2.75, 3.05) is 45.7 Å². The number of piperidine rings is 1. The standard InChI is InChI=1S/C31H38N6O2.C2H6/c1-22(20-37-16-11-25(12-17-37)24-6-8-26(9-7-24)31(39)35(3)4)18-28-23(2)32-14-10-30(28)36(5)15-13-29-27(21-38)19-33-34-29;1-2/h6-10,13-15,18-19,21,25H,11-12,16-17,20H2,1-5H3,(H,33,34);1-2H3/b15-13-,22-18+;. The fourth-order valence-corrected chi connectivity index (χ4v) is 5.08. The highest BCUT2D eigenvalue weighted by Crippen LogP contribution is 2.30. The molecule has 1 aromatic carbocycles. The maximum atomic E-state index is 12.2. The number of hydrogen-bond donors (Lipinski definition) is 1. The third kappa shape index (κ3) is 8.24. The van der Waals surface area contributed by atoms with Gasteiger partial charge in [-0.05, 0) is 75.5 Å². The number of H-pyrrole nitrogens is 1. The third-order valence-electron chi connectivity index (χ3n) is 7.32. The van der Waals surface area contributed by atoms with E-state index in [-0.39, 0.29) is 5.91 Å². The van der Waals surface area contributed by atoms with Crippen molar-refractivity contribution in [2.24, 2.45) is 0 Å². The smallest absolute Gasteiger partial charge is 0.253 e. The molecule has 0 radical (unpaired) electrons. The predicted octanol–water partition coefficient (Wildman–Crippen LogP) is 6.04. The fraction of sp³-hybridized carbons (Fsp3) is 0.394. The molecule has 1 aliphatic heterocycles. The molecule has 8 nitrogen and oxygen atoms in total. The molecule has 0 spiro atoms. The van der Waals surface area contributed by atoms with Gasteiger partial charge >= 0.3 is 0 Å². The Bertz CT molecular complexity index is 1350. The Hall–Kier alpha value is -4.04. The van der Waals surface area contributed by atoms with Crippen molar-refractivity contribution < 1.29 is 9.59 Å². The molecule has 3 heterocycles. The van der Waals surface area contributed by atoms with Gasteiger partial charge < -0.3 is 9.80 Å². The van der Waals surface area contributed by atoms with Crippen LogP contribution >= 0.6 is 0 Å². The lowest BCUT2D eigenvalue weighted by atomic mass is 9.88. The second-order valence-electron chi connectivity index (χ2n) is 10.5. The van der Waals surface area contributed by atoms with Crippen LogP contribution in [0.5, 0.6) is 0 Å². The molecule has 218 valence electrons. The molecule has 4 rings (SSSR count). The number of carbonyl (C=O) groups is 2. The molecule has 0 atom stereocenters. The number of anilines is 1. The van der Waals surface area contributed by atoms with E-state index in [2.05, 4.69) is 45.2 Å². The van der Waals surface area contributed by atoms with Gasteiger partial charge in [0.25, 0.3) is 5.91 Å². The summed E-state index contributed by atoms with van der Waals surface area (Å²) >= 11 is 0. The van der Waals surface area contributed by atoms with E-state index in [0.29, 0.717) is 17.2 Å². The van der Waals surface area contributed by atoms with Gasteiger partial charge in [0.05, 0.1) is 23.1 Å². The van der Waals surface area contributed by atoms with Crippen molar-refractivity contribution in [1.82, 2.24) is 25.0 Å². The van der Waals surface area contributed by atoms with E-state index >= 15 is 0 Å². The number of aromatic nitrogens is 3. The summed E-state index contributed by atoms with van der Waals surface area (Å²) in [5.41, 5.74) is 7.65. The highest BCUT2D eigenvalue weighted by molar-refractivity contribution is 5.93. The Labute approximate surface area is 244 Å². The number of benzene rings is 1. The Kier molecular flexibility index (Phi) is 11.6. The van der Waals surface area contributed by atoms with Crippen molar-refractivity contribution in [3.05, 3.63) is 88.1 Å². The first-order valence-electron chi connectivity index (χ1n) is 14.3. The van der Waals surface area contributed by atoms with E-state index in [1.165, 1.54) is 17.3 Å². The van der Waals surface area contributed by atoms with Gasteiger partial charge in [-0.15, -0.1) is 0 Å². The van der Waals surface area contributed by atoms with Gasteiger partial charge in [0.2, 0.25) is 0 Å². The zero-order valence-electron chi connectivity index (χ0n) is 25.5. The van der Waals surface area contributed by atoms with Crippen LogP contribution in [-0.4, -0.2) is 78.0 Å². The minimum atomic E-state index is 0.0395. The molecule has 0 aliphatic carbocycles. The van der Waals surface area contributed by atoms with E-state index in [1.807, 2.05) is 69.4 Å². The molecular weight excluding hydrogens is 512 g/mol. The van der Waals surface area contributed by atoms with Crippen LogP contribution in [0.3, 0.4) is 0 Å². The summed E-state index contributed by atoms with van der Waals surface area (Å²) in [5, 5.41) is 6.80. The minimum absolute atomic E-state index is 0.0395. The normalized spacial score (nSPS) is 14.5. The number of rotatable bonds is 9. The second kappa shape index (κ2) is 15.1. The maximum Gasteiger partial charge on any atom is 0.253 e. The molecule has 1 saturated heterocycles. The molecule has 41 heavy (non-hydrogen) atoms. The van der Waals surface area contributed by atoms with Crippen molar-refractivity contribution in [3.8, 4) is 0 Å². The Morgan fingerprint density at radius 2 is 1.78 bits per heavy atom. The maximum absolute atomic E-state index is 12.2. The van der Waals surface area contributed by atoms with Gasteiger partial charge in [-0.1, -0.05) is 37.6 Å². The monoisotopic (exact) mass is 556 g/mol. The second-order valence-corrected chi connectivity index (χ2v) is 10.5. The summed E-state index contributed by atoms with van der Waals surface area (Å²) in [6, 6.07) is 10.1. The molecule has 0 bridgehead atoms. The molecule has 0 saturated carbocycles. The van der Waals surface area contributed by atoms with E-state index < -0.39 is 0 Å². The zero-order chi connectivity index (χ0) is 29.9. The molecule has 0 unspecified atom stereocenters. The SMILES string of the molecule is C/C(=C\c1c(N(C)/C=C\c2[nH]ncc2C=O)ccnc1C)CN1CCC(c2ccc(C(=O)N(C)C)cc2)CC1.CC. The lowest BCUT2D eigenvalue weighted by Gasteiger charge is -2.32. The van der Waals surface area contributed by atoms with Gasteiger partial charge in [-0.3, -0.25) is 24.6 Å². The summed E-state index contributed by atoms with van der Waals surface area (Å²) in [5.74, 6) is 0.564. The topological polar surface area (TPSA) is 85.4 Å². The average molecular weight is 557 g/mol. The molecular formula is C33H44N6O2.